The lowest BCUT2D eigenvalue weighted by molar-refractivity contribution is -0.116. The predicted molar refractivity (Wildman–Crippen MR) is 104 cm³/mol. The van der Waals surface area contributed by atoms with Crippen LogP contribution < -0.4 is 15.0 Å². The van der Waals surface area contributed by atoms with Gasteiger partial charge in [-0.3, -0.25) is 4.79 Å². The maximum Gasteiger partial charge on any atom is 0.224 e. The summed E-state index contributed by atoms with van der Waals surface area (Å²) in [5.41, 5.74) is 3.05. The molecule has 26 heavy (non-hydrogen) atoms. The summed E-state index contributed by atoms with van der Waals surface area (Å²) in [6.07, 6.45) is 1.09. The van der Waals surface area contributed by atoms with Crippen molar-refractivity contribution in [2.45, 2.75) is 19.8 Å². The first-order chi connectivity index (χ1) is 12.8. The number of nitrogens with one attached hydrogen (secondary N) is 1. The standard InChI is InChI=1S/C21H26N2O3/c1-2-26-20-6-4-3-5-17(20)7-12-21(24)22-18-8-10-19(11-9-18)23-13-15-25-16-14-23/h3-6,8-11H,2,7,12-16H2,1H3,(H,22,24). The van der Waals surface area contributed by atoms with Crippen molar-refractivity contribution >= 4 is 17.3 Å². The monoisotopic (exact) mass is 354 g/mol. The summed E-state index contributed by atoms with van der Waals surface area (Å²) >= 11 is 0. The molecule has 1 aliphatic rings. The summed E-state index contributed by atoms with van der Waals surface area (Å²) in [7, 11) is 0. The van der Waals surface area contributed by atoms with Crippen molar-refractivity contribution in [2.75, 3.05) is 43.1 Å². The average Bonchev–Trinajstić information content (AvgIpc) is 2.69. The molecule has 1 heterocycles. The van der Waals surface area contributed by atoms with Gasteiger partial charge in [-0.25, -0.2) is 0 Å². The molecule has 0 aliphatic carbocycles. The third-order valence-corrected chi connectivity index (χ3v) is 4.42. The minimum atomic E-state index is 0.00965. The second-order valence-corrected chi connectivity index (χ2v) is 6.24. The number of ether oxygens (including phenoxy) is 2. The van der Waals surface area contributed by atoms with Crippen molar-refractivity contribution in [3.05, 3.63) is 54.1 Å². The number of aryl methyl sites for hydroxylation is 1. The number of carbonyl (C=O) groups excluding carboxylic acids is 1. The van der Waals surface area contributed by atoms with Crippen LogP contribution in [0, 0.1) is 0 Å². The first kappa shape index (κ1) is 18.3. The Labute approximate surface area is 154 Å². The molecular formula is C21H26N2O3. The molecule has 1 amide bonds. The van der Waals surface area contributed by atoms with E-state index in [1.807, 2.05) is 55.5 Å². The minimum absolute atomic E-state index is 0.00965. The predicted octanol–water partition coefficient (Wildman–Crippen LogP) is 3.49. The number of anilines is 2. The lowest BCUT2D eigenvalue weighted by Crippen LogP contribution is -2.36. The molecule has 1 fully saturated rings. The minimum Gasteiger partial charge on any atom is -0.494 e. The Kier molecular flexibility index (Phi) is 6.50. The second kappa shape index (κ2) is 9.25. The van der Waals surface area contributed by atoms with Crippen LogP contribution in [-0.4, -0.2) is 38.8 Å². The molecular weight excluding hydrogens is 328 g/mol. The van der Waals surface area contributed by atoms with Crippen LogP contribution in [0.3, 0.4) is 0 Å². The molecule has 0 radical (unpaired) electrons. The van der Waals surface area contributed by atoms with Gasteiger partial charge >= 0.3 is 0 Å². The van der Waals surface area contributed by atoms with Gasteiger partial charge in [0.05, 0.1) is 19.8 Å². The maximum absolute atomic E-state index is 12.3. The zero-order valence-electron chi connectivity index (χ0n) is 15.2. The van der Waals surface area contributed by atoms with E-state index in [2.05, 4.69) is 10.2 Å². The topological polar surface area (TPSA) is 50.8 Å². The zero-order chi connectivity index (χ0) is 18.2. The molecule has 0 spiro atoms. The Balaban J connectivity index is 1.52. The smallest absolute Gasteiger partial charge is 0.224 e. The van der Waals surface area contributed by atoms with Crippen molar-refractivity contribution in [1.29, 1.82) is 0 Å². The molecule has 1 aliphatic heterocycles. The van der Waals surface area contributed by atoms with Crippen LogP contribution in [0.4, 0.5) is 11.4 Å². The van der Waals surface area contributed by atoms with E-state index in [1.54, 1.807) is 0 Å². The fourth-order valence-electron chi connectivity index (χ4n) is 3.06. The Hall–Kier alpha value is -2.53. The summed E-state index contributed by atoms with van der Waals surface area (Å²) in [4.78, 5) is 14.6. The number of para-hydroxylation sites is 1. The molecule has 1 saturated heterocycles. The Morgan fingerprint density at radius 1 is 1.12 bits per heavy atom. The maximum atomic E-state index is 12.3. The first-order valence-electron chi connectivity index (χ1n) is 9.19. The van der Waals surface area contributed by atoms with Gasteiger partial charge in [0.15, 0.2) is 0 Å². The van der Waals surface area contributed by atoms with E-state index >= 15 is 0 Å². The highest BCUT2D eigenvalue weighted by Crippen LogP contribution is 2.21. The van der Waals surface area contributed by atoms with E-state index in [0.717, 1.165) is 49.0 Å². The van der Waals surface area contributed by atoms with Crippen LogP contribution in [0.25, 0.3) is 0 Å². The third kappa shape index (κ3) is 4.99. The highest BCUT2D eigenvalue weighted by molar-refractivity contribution is 5.91. The summed E-state index contributed by atoms with van der Waals surface area (Å²) in [5, 5.41) is 2.97. The molecule has 0 atom stereocenters. The SMILES string of the molecule is CCOc1ccccc1CCC(=O)Nc1ccc(N2CCOCC2)cc1. The Bertz CT molecular complexity index is 709. The van der Waals surface area contributed by atoms with Crippen LogP contribution in [0.2, 0.25) is 0 Å². The van der Waals surface area contributed by atoms with Crippen molar-refractivity contribution in [2.24, 2.45) is 0 Å². The van der Waals surface area contributed by atoms with Gasteiger partial charge in [-0.1, -0.05) is 18.2 Å². The molecule has 0 aromatic heterocycles. The summed E-state index contributed by atoms with van der Waals surface area (Å²) in [6.45, 7) is 5.93. The number of hydrogen-bond acceptors (Lipinski definition) is 4. The van der Waals surface area contributed by atoms with E-state index in [1.165, 1.54) is 0 Å². The van der Waals surface area contributed by atoms with Crippen LogP contribution in [0.1, 0.15) is 18.9 Å². The molecule has 0 unspecified atom stereocenters. The molecule has 2 aromatic rings. The number of benzene rings is 2. The third-order valence-electron chi connectivity index (χ3n) is 4.42. The van der Waals surface area contributed by atoms with E-state index in [-0.39, 0.29) is 5.91 Å². The van der Waals surface area contributed by atoms with E-state index in [9.17, 15) is 4.79 Å². The van der Waals surface area contributed by atoms with Crippen molar-refractivity contribution in [1.82, 2.24) is 0 Å². The van der Waals surface area contributed by atoms with Crippen molar-refractivity contribution < 1.29 is 14.3 Å². The van der Waals surface area contributed by atoms with Crippen LogP contribution in [0.15, 0.2) is 48.5 Å². The molecule has 0 bridgehead atoms. The Morgan fingerprint density at radius 3 is 2.58 bits per heavy atom. The van der Waals surface area contributed by atoms with Gasteiger partial charge in [0, 0.05) is 30.9 Å². The normalized spacial score (nSPS) is 14.1. The largest absolute Gasteiger partial charge is 0.494 e. The van der Waals surface area contributed by atoms with Gasteiger partial charge in [-0.2, -0.15) is 0 Å². The molecule has 1 N–H and O–H groups in total. The molecule has 138 valence electrons. The van der Waals surface area contributed by atoms with Gasteiger partial charge < -0.3 is 19.7 Å². The number of nitrogens with zero attached hydrogens (tertiary/aromatic N) is 1. The zero-order valence-corrected chi connectivity index (χ0v) is 15.2. The number of hydrogen-bond donors (Lipinski definition) is 1. The molecule has 3 rings (SSSR count). The van der Waals surface area contributed by atoms with E-state index < -0.39 is 0 Å². The molecule has 0 saturated carbocycles. The van der Waals surface area contributed by atoms with E-state index in [0.29, 0.717) is 19.4 Å². The summed E-state index contributed by atoms with van der Waals surface area (Å²) in [5.74, 6) is 0.869. The highest BCUT2D eigenvalue weighted by Gasteiger charge is 2.11. The van der Waals surface area contributed by atoms with Gasteiger partial charge in [0.25, 0.3) is 0 Å². The van der Waals surface area contributed by atoms with Crippen molar-refractivity contribution in [3.8, 4) is 5.75 Å². The van der Waals surface area contributed by atoms with Crippen molar-refractivity contribution in [3.63, 3.8) is 0 Å². The lowest BCUT2D eigenvalue weighted by Gasteiger charge is -2.28. The second-order valence-electron chi connectivity index (χ2n) is 6.24. The van der Waals surface area contributed by atoms with Gasteiger partial charge in [-0.05, 0) is 49.2 Å². The fraction of sp³-hybridized carbons (Fsp3) is 0.381. The first-order valence-corrected chi connectivity index (χ1v) is 9.19. The quantitative estimate of drug-likeness (QED) is 0.827. The number of carbonyl (C=O) groups is 1. The average molecular weight is 354 g/mol. The highest BCUT2D eigenvalue weighted by atomic mass is 16.5. The van der Waals surface area contributed by atoms with Crippen LogP contribution in [-0.2, 0) is 16.0 Å². The Morgan fingerprint density at radius 2 is 1.85 bits per heavy atom. The van der Waals surface area contributed by atoms with Crippen LogP contribution in [0.5, 0.6) is 5.75 Å². The van der Waals surface area contributed by atoms with Gasteiger partial charge in [0.1, 0.15) is 5.75 Å². The number of amides is 1. The van der Waals surface area contributed by atoms with E-state index in [4.69, 9.17) is 9.47 Å². The lowest BCUT2D eigenvalue weighted by atomic mass is 10.1. The number of morpholine rings is 1. The van der Waals surface area contributed by atoms with Gasteiger partial charge in [0.2, 0.25) is 5.91 Å². The summed E-state index contributed by atoms with van der Waals surface area (Å²) < 4.78 is 11.0. The molecule has 2 aromatic carbocycles. The molecule has 5 nitrogen and oxygen atoms in total. The number of rotatable bonds is 7. The fourth-order valence-corrected chi connectivity index (χ4v) is 3.06. The summed E-state index contributed by atoms with van der Waals surface area (Å²) in [6, 6.07) is 15.9. The van der Waals surface area contributed by atoms with Gasteiger partial charge in [-0.15, -0.1) is 0 Å². The molecule has 5 heteroatoms. The van der Waals surface area contributed by atoms with Crippen LogP contribution >= 0.6 is 0 Å².